The molecule has 0 bridgehead atoms. The number of halogens is 1. The van der Waals surface area contributed by atoms with Crippen molar-refractivity contribution in [1.82, 2.24) is 4.90 Å². The van der Waals surface area contributed by atoms with Crippen LogP contribution < -0.4 is 9.47 Å². The molecule has 2 aromatic rings. The van der Waals surface area contributed by atoms with Crippen LogP contribution in [-0.2, 0) is 14.6 Å². The zero-order valence-electron chi connectivity index (χ0n) is 18.6. The van der Waals surface area contributed by atoms with Crippen LogP contribution in [0.15, 0.2) is 63.5 Å². The Morgan fingerprint density at radius 1 is 1.06 bits per heavy atom. The molecule has 1 amide bonds. The van der Waals surface area contributed by atoms with E-state index < -0.39 is 15.7 Å². The monoisotopic (exact) mass is 532 g/mol. The molecule has 1 N–H and O–H groups in total. The molecule has 0 unspecified atom stereocenters. The fraction of sp³-hybridized carbons (Fsp3) is 0.217. The molecular weight excluding hydrogens is 512 g/mol. The lowest BCUT2D eigenvalue weighted by Crippen LogP contribution is -2.45. The van der Waals surface area contributed by atoms with Gasteiger partial charge in [0.2, 0.25) is 20.2 Å². The summed E-state index contributed by atoms with van der Waals surface area (Å²) in [6.45, 7) is 2.44. The lowest BCUT2D eigenvalue weighted by molar-refractivity contribution is -0.114. The SMILES string of the molecule is CCS(=O)(=O)C1=NSC2=NC(=O)/C(=C\c3ccc(OCCCOc4ccc(Cl)cc4)cc3)C(=N)N21. The highest BCUT2D eigenvalue weighted by Crippen LogP contribution is 2.30. The zero-order valence-corrected chi connectivity index (χ0v) is 21.0. The Bertz CT molecular complexity index is 1340. The van der Waals surface area contributed by atoms with Crippen molar-refractivity contribution < 1.29 is 22.7 Å². The normalized spacial score (nSPS) is 16.7. The molecule has 0 fully saturated rings. The molecule has 2 heterocycles. The number of aliphatic imine (C=N–C) groups is 1. The number of rotatable bonds is 8. The number of sulfone groups is 1. The summed E-state index contributed by atoms with van der Waals surface area (Å²) in [5.74, 6) is 0.306. The third-order valence-corrected chi connectivity index (χ3v) is 7.64. The third kappa shape index (κ3) is 5.75. The first kappa shape index (κ1) is 25.0. The maximum absolute atomic E-state index is 12.5. The fourth-order valence-corrected chi connectivity index (χ4v) is 5.21. The number of benzene rings is 2. The minimum atomic E-state index is -3.69. The average molecular weight is 533 g/mol. The number of nitrogens with one attached hydrogen (secondary N) is 1. The van der Waals surface area contributed by atoms with E-state index in [2.05, 4.69) is 9.39 Å². The van der Waals surface area contributed by atoms with E-state index in [4.69, 9.17) is 26.5 Å². The largest absolute Gasteiger partial charge is 0.493 e. The number of amides is 1. The molecule has 0 atom stereocenters. The smallest absolute Gasteiger partial charge is 0.283 e. The quantitative estimate of drug-likeness (QED) is 0.307. The predicted octanol–water partition coefficient (Wildman–Crippen LogP) is 4.20. The maximum Gasteiger partial charge on any atom is 0.283 e. The number of carbonyl (C=O) groups is 1. The molecule has 4 rings (SSSR count). The summed E-state index contributed by atoms with van der Waals surface area (Å²) < 4.78 is 39.9. The summed E-state index contributed by atoms with van der Waals surface area (Å²) in [5.41, 5.74) is 0.613. The van der Waals surface area contributed by atoms with Crippen LogP contribution >= 0.6 is 23.5 Å². The molecule has 0 spiro atoms. The molecule has 9 nitrogen and oxygen atoms in total. The van der Waals surface area contributed by atoms with Crippen molar-refractivity contribution in [3.63, 3.8) is 0 Å². The van der Waals surface area contributed by atoms with Crippen molar-refractivity contribution >= 4 is 61.5 Å². The Labute approximate surface area is 212 Å². The molecule has 0 saturated heterocycles. The van der Waals surface area contributed by atoms with Gasteiger partial charge in [0.05, 0.1) is 36.5 Å². The van der Waals surface area contributed by atoms with E-state index in [1.54, 1.807) is 48.5 Å². The minimum Gasteiger partial charge on any atom is -0.493 e. The minimum absolute atomic E-state index is 0.0248. The second-order valence-corrected chi connectivity index (χ2v) is 10.7. The van der Waals surface area contributed by atoms with E-state index in [0.717, 1.165) is 22.6 Å². The van der Waals surface area contributed by atoms with Crippen LogP contribution in [0.3, 0.4) is 0 Å². The highest BCUT2D eigenvalue weighted by Gasteiger charge is 2.42. The number of hydrogen-bond acceptors (Lipinski definition) is 8. The molecule has 0 aliphatic carbocycles. The van der Waals surface area contributed by atoms with Gasteiger partial charge in [0.15, 0.2) is 0 Å². The Hall–Kier alpha value is -3.15. The number of hydrogen-bond donors (Lipinski definition) is 1. The third-order valence-electron chi connectivity index (χ3n) is 4.98. The van der Waals surface area contributed by atoms with Gasteiger partial charge in [0.1, 0.15) is 17.3 Å². The van der Waals surface area contributed by atoms with E-state index in [1.165, 1.54) is 13.0 Å². The highest BCUT2D eigenvalue weighted by molar-refractivity contribution is 8.16. The Morgan fingerprint density at radius 2 is 1.66 bits per heavy atom. The number of carbonyl (C=O) groups excluding carboxylic acids is 1. The molecular formula is C23H21ClN4O5S2. The summed E-state index contributed by atoms with van der Waals surface area (Å²) in [6.07, 6.45) is 2.17. The number of ether oxygens (including phenoxy) is 2. The zero-order chi connectivity index (χ0) is 25.0. The van der Waals surface area contributed by atoms with E-state index >= 15 is 0 Å². The van der Waals surface area contributed by atoms with Crippen LogP contribution in [0.5, 0.6) is 11.5 Å². The first-order valence-corrected chi connectivity index (χ1v) is 13.4. The first-order chi connectivity index (χ1) is 16.8. The first-order valence-electron chi connectivity index (χ1n) is 10.6. The Balaban J connectivity index is 1.36. The highest BCUT2D eigenvalue weighted by atomic mass is 35.5. The topological polar surface area (TPSA) is 121 Å². The van der Waals surface area contributed by atoms with Crippen LogP contribution in [0.2, 0.25) is 5.02 Å². The van der Waals surface area contributed by atoms with Gasteiger partial charge in [0, 0.05) is 11.4 Å². The van der Waals surface area contributed by atoms with Crippen molar-refractivity contribution in [2.75, 3.05) is 19.0 Å². The predicted molar refractivity (Wildman–Crippen MR) is 138 cm³/mol. The van der Waals surface area contributed by atoms with Gasteiger partial charge in [-0.1, -0.05) is 30.7 Å². The summed E-state index contributed by atoms with van der Waals surface area (Å²) in [6, 6.07) is 14.1. The van der Waals surface area contributed by atoms with E-state index in [9.17, 15) is 13.2 Å². The van der Waals surface area contributed by atoms with Crippen molar-refractivity contribution in [1.29, 1.82) is 5.41 Å². The summed E-state index contributed by atoms with van der Waals surface area (Å²) in [5, 5.41) is 8.87. The van der Waals surface area contributed by atoms with Crippen LogP contribution in [0.1, 0.15) is 18.9 Å². The molecule has 182 valence electrons. The van der Waals surface area contributed by atoms with E-state index in [1.807, 2.05) is 0 Å². The molecule has 35 heavy (non-hydrogen) atoms. The van der Waals surface area contributed by atoms with Crippen LogP contribution in [0.4, 0.5) is 0 Å². The van der Waals surface area contributed by atoms with Gasteiger partial charge in [0.25, 0.3) is 5.91 Å². The van der Waals surface area contributed by atoms with Gasteiger partial charge in [-0.3, -0.25) is 10.2 Å². The van der Waals surface area contributed by atoms with Gasteiger partial charge in [-0.15, -0.1) is 0 Å². The second-order valence-electron chi connectivity index (χ2n) is 7.38. The van der Waals surface area contributed by atoms with Gasteiger partial charge in [-0.25, -0.2) is 13.3 Å². The molecule has 0 radical (unpaired) electrons. The standard InChI is InChI=1S/C23H21ClN4O5S2/c1-2-35(30,31)23-27-34-22-26-21(29)19(20(25)28(22)23)14-15-4-8-17(9-5-15)32-12-3-13-33-18-10-6-16(24)7-11-18/h4-11,14,25H,2-3,12-13H2,1H3/b19-14-,25-20?. The molecule has 0 saturated carbocycles. The number of fused-ring (bicyclic) bond motifs is 1. The summed E-state index contributed by atoms with van der Waals surface area (Å²) >= 11 is 6.62. The number of amidine groups is 3. The Morgan fingerprint density at radius 3 is 2.26 bits per heavy atom. The van der Waals surface area contributed by atoms with Crippen LogP contribution in [-0.4, -0.2) is 54.4 Å². The van der Waals surface area contributed by atoms with Gasteiger partial charge in [-0.2, -0.15) is 9.39 Å². The van der Waals surface area contributed by atoms with Crippen LogP contribution in [0, 0.1) is 5.41 Å². The average Bonchev–Trinajstić information content (AvgIpc) is 3.28. The number of nitrogens with zero attached hydrogens (tertiary/aromatic N) is 3. The molecule has 0 aromatic heterocycles. The lowest BCUT2D eigenvalue weighted by Gasteiger charge is -2.24. The van der Waals surface area contributed by atoms with Gasteiger partial charge < -0.3 is 9.47 Å². The molecule has 2 aromatic carbocycles. The van der Waals surface area contributed by atoms with Crippen molar-refractivity contribution in [2.45, 2.75) is 13.3 Å². The van der Waals surface area contributed by atoms with Crippen molar-refractivity contribution in [3.8, 4) is 11.5 Å². The van der Waals surface area contributed by atoms with Gasteiger partial charge in [-0.05, 0) is 48.0 Å². The summed E-state index contributed by atoms with van der Waals surface area (Å²) in [4.78, 5) is 17.5. The van der Waals surface area contributed by atoms with Crippen molar-refractivity contribution in [2.24, 2.45) is 9.39 Å². The molecule has 2 aliphatic rings. The molecule has 12 heteroatoms. The second kappa shape index (κ2) is 10.6. The maximum atomic E-state index is 12.5. The Kier molecular flexibility index (Phi) is 7.58. The van der Waals surface area contributed by atoms with Gasteiger partial charge >= 0.3 is 0 Å². The van der Waals surface area contributed by atoms with E-state index in [-0.39, 0.29) is 27.5 Å². The van der Waals surface area contributed by atoms with Crippen LogP contribution in [0.25, 0.3) is 6.08 Å². The fourth-order valence-electron chi connectivity index (χ4n) is 3.13. The lowest BCUT2D eigenvalue weighted by atomic mass is 10.1. The summed E-state index contributed by atoms with van der Waals surface area (Å²) in [7, 11) is -3.69. The van der Waals surface area contributed by atoms with Crippen molar-refractivity contribution in [3.05, 3.63) is 64.7 Å². The molecule has 2 aliphatic heterocycles. The van der Waals surface area contributed by atoms with E-state index in [0.29, 0.717) is 36.0 Å².